The molecule has 6 nitrogen and oxygen atoms in total. The highest BCUT2D eigenvalue weighted by Gasteiger charge is 2.39. The van der Waals surface area contributed by atoms with Gasteiger partial charge < -0.3 is 19.1 Å². The number of hydrogen-bond donors (Lipinski definition) is 0. The maximum absolute atomic E-state index is 12.2. The molecule has 122 valence electrons. The molecule has 2 aliphatic heterocycles. The van der Waals surface area contributed by atoms with Crippen LogP contribution >= 0.6 is 11.6 Å². The van der Waals surface area contributed by atoms with E-state index in [-0.39, 0.29) is 5.03 Å². The minimum absolute atomic E-state index is 0.0476. The zero-order valence-corrected chi connectivity index (χ0v) is 13.3. The van der Waals surface area contributed by atoms with E-state index in [1.165, 1.54) is 0 Å². The Morgan fingerprint density at radius 1 is 1.26 bits per heavy atom. The number of carbonyl (C=O) groups excluding carboxylic acids is 2. The third-order valence-electron chi connectivity index (χ3n) is 3.69. The molecule has 1 fully saturated rings. The van der Waals surface area contributed by atoms with Crippen LogP contribution in [-0.4, -0.2) is 49.4 Å². The lowest BCUT2D eigenvalue weighted by molar-refractivity contribution is -0.154. The summed E-state index contributed by atoms with van der Waals surface area (Å²) in [6.07, 6.45) is -1.12. The molecule has 0 saturated carbocycles. The van der Waals surface area contributed by atoms with Gasteiger partial charge >= 0.3 is 11.9 Å². The third-order valence-corrected chi connectivity index (χ3v) is 4.04. The van der Waals surface area contributed by atoms with Gasteiger partial charge in [0.05, 0.1) is 18.8 Å². The summed E-state index contributed by atoms with van der Waals surface area (Å²) in [5.41, 5.74) is 1.81. The Morgan fingerprint density at radius 2 is 1.91 bits per heavy atom. The van der Waals surface area contributed by atoms with E-state index < -0.39 is 18.2 Å². The van der Waals surface area contributed by atoms with Gasteiger partial charge in [0.15, 0.2) is 5.03 Å². The predicted molar refractivity (Wildman–Crippen MR) is 81.7 cm³/mol. The topological polar surface area (TPSA) is 65.1 Å². The van der Waals surface area contributed by atoms with Crippen LogP contribution in [0.3, 0.4) is 0 Å². The normalized spacial score (nSPS) is 21.4. The standard InChI is InChI=1S/C16H16ClNO5/c1-10-2-4-11(5-3-10)14(19)22-16-13(12(17)15(20)23-16)18-6-8-21-9-7-18/h2-5,16H,6-9H2,1H3/t16-/m1/s1. The van der Waals surface area contributed by atoms with Crippen molar-refractivity contribution >= 4 is 23.5 Å². The van der Waals surface area contributed by atoms with Gasteiger partial charge in [-0.05, 0) is 19.1 Å². The fraction of sp³-hybridized carbons (Fsp3) is 0.375. The van der Waals surface area contributed by atoms with Crippen LogP contribution in [0.2, 0.25) is 0 Å². The van der Waals surface area contributed by atoms with Gasteiger partial charge in [-0.25, -0.2) is 9.59 Å². The molecule has 0 aromatic heterocycles. The first-order valence-electron chi connectivity index (χ1n) is 7.27. The van der Waals surface area contributed by atoms with E-state index in [0.717, 1.165) is 5.56 Å². The van der Waals surface area contributed by atoms with Crippen LogP contribution in [0.25, 0.3) is 0 Å². The molecular weight excluding hydrogens is 322 g/mol. The minimum Gasteiger partial charge on any atom is -0.415 e. The van der Waals surface area contributed by atoms with Gasteiger partial charge in [0.2, 0.25) is 0 Å². The summed E-state index contributed by atoms with van der Waals surface area (Å²) in [6.45, 7) is 4.06. The van der Waals surface area contributed by atoms with Crippen LogP contribution < -0.4 is 0 Å². The smallest absolute Gasteiger partial charge is 0.355 e. The zero-order chi connectivity index (χ0) is 16.4. The first kappa shape index (κ1) is 15.8. The second-order valence-corrected chi connectivity index (χ2v) is 5.69. The van der Waals surface area contributed by atoms with E-state index in [1.54, 1.807) is 12.1 Å². The molecular formula is C16H16ClNO5. The van der Waals surface area contributed by atoms with E-state index in [9.17, 15) is 9.59 Å². The van der Waals surface area contributed by atoms with E-state index in [2.05, 4.69) is 0 Å². The molecule has 7 heteroatoms. The maximum atomic E-state index is 12.2. The largest absolute Gasteiger partial charge is 0.415 e. The number of morpholine rings is 1. The van der Waals surface area contributed by atoms with Crippen molar-refractivity contribution in [1.29, 1.82) is 0 Å². The van der Waals surface area contributed by atoms with Crippen LogP contribution in [0.4, 0.5) is 0 Å². The van der Waals surface area contributed by atoms with Gasteiger partial charge in [-0.3, -0.25) is 0 Å². The first-order chi connectivity index (χ1) is 11.1. The Bertz CT molecular complexity index is 649. The SMILES string of the molecule is Cc1ccc(C(=O)O[C@@H]2OC(=O)C(Cl)=C2N2CCOCC2)cc1. The molecule has 3 rings (SSSR count). The quantitative estimate of drug-likeness (QED) is 0.784. The van der Waals surface area contributed by atoms with Crippen molar-refractivity contribution in [3.8, 4) is 0 Å². The summed E-state index contributed by atoms with van der Waals surface area (Å²) in [5.74, 6) is -1.25. The first-order valence-corrected chi connectivity index (χ1v) is 7.65. The van der Waals surface area contributed by atoms with E-state index in [0.29, 0.717) is 37.6 Å². The lowest BCUT2D eigenvalue weighted by atomic mass is 10.1. The molecule has 1 aromatic carbocycles. The van der Waals surface area contributed by atoms with Crippen molar-refractivity contribution < 1.29 is 23.8 Å². The molecule has 2 aliphatic rings. The van der Waals surface area contributed by atoms with Crippen LogP contribution in [0.5, 0.6) is 0 Å². The molecule has 0 unspecified atom stereocenters. The second-order valence-electron chi connectivity index (χ2n) is 5.31. The molecule has 1 aromatic rings. The van der Waals surface area contributed by atoms with Gasteiger partial charge in [0.1, 0.15) is 5.70 Å². The number of aryl methyl sites for hydroxylation is 1. The van der Waals surface area contributed by atoms with Crippen LogP contribution in [-0.2, 0) is 19.0 Å². The summed E-state index contributed by atoms with van der Waals surface area (Å²) in [6, 6.07) is 6.94. The molecule has 0 amide bonds. The van der Waals surface area contributed by atoms with E-state index >= 15 is 0 Å². The van der Waals surface area contributed by atoms with E-state index in [4.69, 9.17) is 25.8 Å². The van der Waals surface area contributed by atoms with Crippen molar-refractivity contribution in [2.75, 3.05) is 26.3 Å². The fourth-order valence-electron chi connectivity index (χ4n) is 2.44. The molecule has 2 heterocycles. The van der Waals surface area contributed by atoms with Gasteiger partial charge in [-0.15, -0.1) is 0 Å². The molecule has 0 radical (unpaired) electrons. The Hall–Kier alpha value is -2.05. The highest BCUT2D eigenvalue weighted by Crippen LogP contribution is 2.30. The molecule has 1 saturated heterocycles. The Labute approximate surface area is 138 Å². The van der Waals surface area contributed by atoms with Crippen molar-refractivity contribution in [2.45, 2.75) is 13.2 Å². The summed E-state index contributed by atoms with van der Waals surface area (Å²) >= 11 is 6.04. The number of halogens is 1. The highest BCUT2D eigenvalue weighted by molar-refractivity contribution is 6.42. The number of hydrogen-bond acceptors (Lipinski definition) is 6. The van der Waals surface area contributed by atoms with Crippen molar-refractivity contribution in [3.05, 3.63) is 46.1 Å². The summed E-state index contributed by atoms with van der Waals surface area (Å²) in [5, 5.41) is -0.0476. The van der Waals surface area contributed by atoms with Crippen LogP contribution in [0.15, 0.2) is 35.0 Å². The molecule has 0 bridgehead atoms. The number of esters is 2. The summed E-state index contributed by atoms with van der Waals surface area (Å²) in [4.78, 5) is 25.8. The monoisotopic (exact) mass is 337 g/mol. The second kappa shape index (κ2) is 6.60. The summed E-state index contributed by atoms with van der Waals surface area (Å²) in [7, 11) is 0. The van der Waals surface area contributed by atoms with Crippen molar-refractivity contribution in [1.82, 2.24) is 4.90 Å². The van der Waals surface area contributed by atoms with E-state index in [1.807, 2.05) is 24.0 Å². The number of cyclic esters (lactones) is 1. The number of ether oxygens (including phenoxy) is 3. The number of carbonyl (C=O) groups is 2. The predicted octanol–water partition coefficient (Wildman–Crippen LogP) is 1.82. The van der Waals surface area contributed by atoms with Crippen molar-refractivity contribution in [3.63, 3.8) is 0 Å². The third kappa shape index (κ3) is 3.33. The van der Waals surface area contributed by atoms with Gasteiger partial charge in [0, 0.05) is 13.1 Å². The van der Waals surface area contributed by atoms with Gasteiger partial charge in [-0.1, -0.05) is 29.3 Å². The molecule has 0 N–H and O–H groups in total. The minimum atomic E-state index is -1.12. The number of rotatable bonds is 3. The molecule has 0 spiro atoms. The Kier molecular flexibility index (Phi) is 4.54. The fourth-order valence-corrected chi connectivity index (χ4v) is 2.69. The molecule has 1 atom stereocenters. The van der Waals surface area contributed by atoms with Gasteiger partial charge in [0.25, 0.3) is 6.29 Å². The number of nitrogens with zero attached hydrogens (tertiary/aromatic N) is 1. The molecule has 23 heavy (non-hydrogen) atoms. The lowest BCUT2D eigenvalue weighted by Gasteiger charge is -2.31. The zero-order valence-electron chi connectivity index (χ0n) is 12.6. The lowest BCUT2D eigenvalue weighted by Crippen LogP contribution is -2.39. The average molecular weight is 338 g/mol. The summed E-state index contributed by atoms with van der Waals surface area (Å²) < 4.78 is 15.7. The highest BCUT2D eigenvalue weighted by atomic mass is 35.5. The van der Waals surface area contributed by atoms with Crippen LogP contribution in [0, 0.1) is 6.92 Å². The Balaban J connectivity index is 1.77. The molecule has 0 aliphatic carbocycles. The average Bonchev–Trinajstić information content (AvgIpc) is 2.83. The Morgan fingerprint density at radius 3 is 2.57 bits per heavy atom. The van der Waals surface area contributed by atoms with Crippen molar-refractivity contribution in [2.24, 2.45) is 0 Å². The van der Waals surface area contributed by atoms with Crippen LogP contribution in [0.1, 0.15) is 15.9 Å². The number of benzene rings is 1. The maximum Gasteiger partial charge on any atom is 0.355 e. The van der Waals surface area contributed by atoms with Gasteiger partial charge in [-0.2, -0.15) is 0 Å².